The summed E-state index contributed by atoms with van der Waals surface area (Å²) in [5.41, 5.74) is 7.53. The van der Waals surface area contributed by atoms with Crippen molar-refractivity contribution >= 4 is 0 Å². The molecule has 1 rings (SSSR count). The molecule has 15 heavy (non-hydrogen) atoms. The molecule has 0 radical (unpaired) electrons. The van der Waals surface area contributed by atoms with Crippen LogP contribution in [0, 0.1) is 11.3 Å². The molecule has 2 unspecified atom stereocenters. The Balaban J connectivity index is 2.75. The lowest BCUT2D eigenvalue weighted by atomic mass is 9.99. The van der Waals surface area contributed by atoms with Crippen LogP contribution in [0.5, 0.6) is 0 Å². The molecule has 0 saturated carbocycles. The second-order valence-corrected chi connectivity index (χ2v) is 3.77. The van der Waals surface area contributed by atoms with Crippen LogP contribution in [0.3, 0.4) is 0 Å². The summed E-state index contributed by atoms with van der Waals surface area (Å²) in [7, 11) is 0. The molecular weight excluding hydrogens is 184 g/mol. The third-order valence-electron chi connectivity index (χ3n) is 2.27. The molecule has 1 aromatic carbocycles. The number of nitrogens with zero attached hydrogens (tertiary/aromatic N) is 1. The van der Waals surface area contributed by atoms with Crippen LogP contribution in [0.15, 0.2) is 36.4 Å². The summed E-state index contributed by atoms with van der Waals surface area (Å²) >= 11 is 0. The Morgan fingerprint density at radius 2 is 1.80 bits per heavy atom. The Bertz CT molecular complexity index is 369. The summed E-state index contributed by atoms with van der Waals surface area (Å²) in [4.78, 5) is 0. The van der Waals surface area contributed by atoms with Crippen LogP contribution in [-0.4, -0.2) is 6.04 Å². The highest BCUT2D eigenvalue weighted by Crippen LogP contribution is 2.17. The van der Waals surface area contributed by atoms with Gasteiger partial charge in [0.15, 0.2) is 0 Å². The zero-order valence-electron chi connectivity index (χ0n) is 9.14. The SMILES string of the molecule is CC(N)/C=C/C(C)c1ccc(C#N)cc1. The van der Waals surface area contributed by atoms with E-state index in [2.05, 4.69) is 19.1 Å². The lowest BCUT2D eigenvalue weighted by Crippen LogP contribution is -2.10. The maximum Gasteiger partial charge on any atom is 0.0991 e. The molecule has 2 N–H and O–H groups in total. The van der Waals surface area contributed by atoms with Gasteiger partial charge in [-0.3, -0.25) is 0 Å². The Morgan fingerprint density at radius 1 is 1.20 bits per heavy atom. The lowest BCUT2D eigenvalue weighted by Gasteiger charge is -2.07. The number of benzene rings is 1. The minimum Gasteiger partial charge on any atom is -0.325 e. The van der Waals surface area contributed by atoms with Crippen LogP contribution >= 0.6 is 0 Å². The molecule has 0 saturated heterocycles. The zero-order valence-corrected chi connectivity index (χ0v) is 9.14. The van der Waals surface area contributed by atoms with Crippen molar-refractivity contribution in [2.24, 2.45) is 5.73 Å². The third-order valence-corrected chi connectivity index (χ3v) is 2.27. The predicted octanol–water partition coefficient (Wildman–Crippen LogP) is 2.57. The summed E-state index contributed by atoms with van der Waals surface area (Å²) < 4.78 is 0. The van der Waals surface area contributed by atoms with Gasteiger partial charge in [0.05, 0.1) is 11.6 Å². The van der Waals surface area contributed by atoms with E-state index in [1.165, 1.54) is 5.56 Å². The van der Waals surface area contributed by atoms with E-state index in [1.807, 2.05) is 37.3 Å². The Morgan fingerprint density at radius 3 is 2.27 bits per heavy atom. The average molecular weight is 200 g/mol. The third kappa shape index (κ3) is 3.57. The van der Waals surface area contributed by atoms with Crippen LogP contribution in [0.4, 0.5) is 0 Å². The van der Waals surface area contributed by atoms with Gasteiger partial charge in [0, 0.05) is 6.04 Å². The van der Waals surface area contributed by atoms with Crippen molar-refractivity contribution in [1.29, 1.82) is 5.26 Å². The fourth-order valence-corrected chi connectivity index (χ4v) is 1.31. The first-order chi connectivity index (χ1) is 7.13. The standard InChI is InChI=1S/C13H16N2/c1-10(3-4-11(2)15)13-7-5-12(9-14)6-8-13/h3-8,10-11H,15H2,1-2H3/b4-3+. The number of hydrogen-bond donors (Lipinski definition) is 1. The summed E-state index contributed by atoms with van der Waals surface area (Å²) in [5.74, 6) is 0.337. The van der Waals surface area contributed by atoms with Gasteiger partial charge in [-0.2, -0.15) is 5.26 Å². The fourth-order valence-electron chi connectivity index (χ4n) is 1.31. The monoisotopic (exact) mass is 200 g/mol. The van der Waals surface area contributed by atoms with Crippen molar-refractivity contribution in [1.82, 2.24) is 0 Å². The van der Waals surface area contributed by atoms with Crippen molar-refractivity contribution in [3.63, 3.8) is 0 Å². The van der Waals surface area contributed by atoms with Crippen LogP contribution < -0.4 is 5.73 Å². The normalized spacial score (nSPS) is 14.8. The van der Waals surface area contributed by atoms with E-state index in [0.717, 1.165) is 0 Å². The minimum absolute atomic E-state index is 0.0887. The highest BCUT2D eigenvalue weighted by atomic mass is 14.6. The second kappa shape index (κ2) is 5.33. The van der Waals surface area contributed by atoms with Gasteiger partial charge in [-0.05, 0) is 30.5 Å². The van der Waals surface area contributed by atoms with Gasteiger partial charge in [0.2, 0.25) is 0 Å². The molecule has 2 atom stereocenters. The van der Waals surface area contributed by atoms with Gasteiger partial charge >= 0.3 is 0 Å². The summed E-state index contributed by atoms with van der Waals surface area (Å²) in [6.45, 7) is 4.06. The molecule has 0 amide bonds. The number of nitrogens with two attached hydrogens (primary N) is 1. The number of allylic oxidation sites excluding steroid dienone is 1. The van der Waals surface area contributed by atoms with Gasteiger partial charge in [0.25, 0.3) is 0 Å². The van der Waals surface area contributed by atoms with Crippen LogP contribution in [0.1, 0.15) is 30.9 Å². The van der Waals surface area contributed by atoms with Gasteiger partial charge in [-0.1, -0.05) is 31.2 Å². The number of nitriles is 1. The maximum absolute atomic E-state index is 8.66. The molecular formula is C13H16N2. The van der Waals surface area contributed by atoms with Gasteiger partial charge < -0.3 is 5.73 Å². The molecule has 0 heterocycles. The van der Waals surface area contributed by atoms with Crippen LogP contribution in [0.2, 0.25) is 0 Å². The van der Waals surface area contributed by atoms with E-state index < -0.39 is 0 Å². The maximum atomic E-state index is 8.66. The quantitative estimate of drug-likeness (QED) is 0.762. The highest BCUT2D eigenvalue weighted by Gasteiger charge is 2.01. The molecule has 0 aliphatic heterocycles. The Hall–Kier alpha value is -1.59. The first kappa shape index (κ1) is 11.5. The van der Waals surface area contributed by atoms with Crippen molar-refractivity contribution in [3.05, 3.63) is 47.5 Å². The van der Waals surface area contributed by atoms with E-state index in [-0.39, 0.29) is 6.04 Å². The number of hydrogen-bond acceptors (Lipinski definition) is 2. The molecule has 0 bridgehead atoms. The van der Waals surface area contributed by atoms with Gasteiger partial charge in [0.1, 0.15) is 0 Å². The zero-order chi connectivity index (χ0) is 11.3. The van der Waals surface area contributed by atoms with Gasteiger partial charge in [-0.25, -0.2) is 0 Å². The predicted molar refractivity (Wildman–Crippen MR) is 62.4 cm³/mol. The molecule has 78 valence electrons. The van der Waals surface area contributed by atoms with Gasteiger partial charge in [-0.15, -0.1) is 0 Å². The molecule has 0 spiro atoms. The molecule has 1 aromatic rings. The van der Waals surface area contributed by atoms with E-state index in [9.17, 15) is 0 Å². The Labute approximate surface area is 91.0 Å². The summed E-state index contributed by atoms with van der Waals surface area (Å²) in [6.07, 6.45) is 4.08. The summed E-state index contributed by atoms with van der Waals surface area (Å²) in [5, 5.41) is 8.66. The first-order valence-corrected chi connectivity index (χ1v) is 5.07. The molecule has 2 heteroatoms. The lowest BCUT2D eigenvalue weighted by molar-refractivity contribution is 0.892. The van der Waals surface area contributed by atoms with E-state index >= 15 is 0 Å². The Kier molecular flexibility index (Phi) is 4.08. The first-order valence-electron chi connectivity index (χ1n) is 5.07. The van der Waals surface area contributed by atoms with E-state index in [0.29, 0.717) is 11.5 Å². The largest absolute Gasteiger partial charge is 0.325 e. The smallest absolute Gasteiger partial charge is 0.0991 e. The number of rotatable bonds is 3. The minimum atomic E-state index is 0.0887. The molecule has 2 nitrogen and oxygen atoms in total. The second-order valence-electron chi connectivity index (χ2n) is 3.77. The van der Waals surface area contributed by atoms with E-state index in [4.69, 9.17) is 11.0 Å². The molecule has 0 aliphatic rings. The molecule has 0 fully saturated rings. The van der Waals surface area contributed by atoms with Crippen molar-refractivity contribution < 1.29 is 0 Å². The molecule has 0 aliphatic carbocycles. The fraction of sp³-hybridized carbons (Fsp3) is 0.308. The van der Waals surface area contributed by atoms with Crippen LogP contribution in [-0.2, 0) is 0 Å². The highest BCUT2D eigenvalue weighted by molar-refractivity contribution is 5.34. The van der Waals surface area contributed by atoms with Crippen molar-refractivity contribution in [2.45, 2.75) is 25.8 Å². The van der Waals surface area contributed by atoms with Crippen molar-refractivity contribution in [3.8, 4) is 6.07 Å². The summed E-state index contributed by atoms with van der Waals surface area (Å²) in [6, 6.07) is 9.83. The van der Waals surface area contributed by atoms with Crippen LogP contribution in [0.25, 0.3) is 0 Å². The topological polar surface area (TPSA) is 49.8 Å². The van der Waals surface area contributed by atoms with E-state index in [1.54, 1.807) is 0 Å². The average Bonchev–Trinajstić information content (AvgIpc) is 2.26. The van der Waals surface area contributed by atoms with Crippen molar-refractivity contribution in [2.75, 3.05) is 0 Å². The molecule has 0 aromatic heterocycles.